The van der Waals surface area contributed by atoms with E-state index in [-0.39, 0.29) is 23.1 Å². The number of carboxylic acid groups (broad SMARTS) is 2. The Morgan fingerprint density at radius 2 is 2.11 bits per heavy atom. The summed E-state index contributed by atoms with van der Waals surface area (Å²) in [5.41, 5.74) is 7.75. The number of carboxylic acids is 2. The van der Waals surface area contributed by atoms with E-state index >= 15 is 0 Å². The maximum absolute atomic E-state index is 13.3. The van der Waals surface area contributed by atoms with Crippen LogP contribution in [0.2, 0.25) is 0 Å². The summed E-state index contributed by atoms with van der Waals surface area (Å²) in [6.45, 7) is 1.16. The first-order valence-corrected chi connectivity index (χ1v) is 15.9. The number of pyridine rings is 1. The van der Waals surface area contributed by atoms with Gasteiger partial charge in [-0.2, -0.15) is 4.57 Å². The molecular formula is C26H28BrN8O7S2+. The molecule has 15 nitrogen and oxygen atoms in total. The summed E-state index contributed by atoms with van der Waals surface area (Å²) in [5, 5.41) is 27.8. The van der Waals surface area contributed by atoms with Gasteiger partial charge in [-0.3, -0.25) is 14.5 Å². The molecule has 232 valence electrons. The van der Waals surface area contributed by atoms with E-state index in [2.05, 4.69) is 41.3 Å². The summed E-state index contributed by atoms with van der Waals surface area (Å²) < 4.78 is 4.46. The zero-order valence-electron chi connectivity index (χ0n) is 23.2. The number of aryl methyl sites for hydroxylation is 1. The monoisotopic (exact) mass is 707 g/mol. The number of β-lactam (4-membered cyclic amide) rings is 1. The molecule has 3 aromatic heterocycles. The molecule has 18 heteroatoms. The summed E-state index contributed by atoms with van der Waals surface area (Å²) in [4.78, 5) is 59.9. The maximum Gasteiger partial charge on any atom is 0.352 e. The highest BCUT2D eigenvalue weighted by molar-refractivity contribution is 9.11. The first-order valence-electron chi connectivity index (χ1n) is 13.3. The number of aliphatic carboxylic acids is 2. The summed E-state index contributed by atoms with van der Waals surface area (Å²) >= 11 is 5.59. The van der Waals surface area contributed by atoms with E-state index in [1.807, 2.05) is 42.2 Å². The van der Waals surface area contributed by atoms with Crippen LogP contribution in [0, 0.1) is 0 Å². The van der Waals surface area contributed by atoms with Gasteiger partial charge in [0.1, 0.15) is 32.1 Å². The summed E-state index contributed by atoms with van der Waals surface area (Å²) in [7, 11) is 1.91. The van der Waals surface area contributed by atoms with E-state index in [0.717, 1.165) is 41.9 Å². The normalized spacial score (nSPS) is 18.3. The van der Waals surface area contributed by atoms with Gasteiger partial charge in [0, 0.05) is 36.2 Å². The molecule has 2 aliphatic rings. The van der Waals surface area contributed by atoms with Crippen LogP contribution in [0.15, 0.2) is 50.8 Å². The molecule has 3 aromatic rings. The van der Waals surface area contributed by atoms with Crippen molar-refractivity contribution in [3.63, 3.8) is 0 Å². The minimum Gasteiger partial charge on any atom is -0.479 e. The van der Waals surface area contributed by atoms with Crippen molar-refractivity contribution in [1.82, 2.24) is 25.1 Å². The van der Waals surface area contributed by atoms with Crippen LogP contribution in [0.3, 0.4) is 0 Å². The predicted octanol–water partition coefficient (Wildman–Crippen LogP) is 0.584. The fourth-order valence-electron chi connectivity index (χ4n) is 5.00. The van der Waals surface area contributed by atoms with Gasteiger partial charge in [0.05, 0.1) is 0 Å². The number of fused-ring (bicyclic) bond motifs is 2. The van der Waals surface area contributed by atoms with Crippen molar-refractivity contribution in [2.24, 2.45) is 5.16 Å². The van der Waals surface area contributed by atoms with Crippen LogP contribution in [-0.2, 0) is 37.1 Å². The lowest BCUT2D eigenvalue weighted by Crippen LogP contribution is -2.71. The van der Waals surface area contributed by atoms with Crippen LogP contribution in [0.5, 0.6) is 0 Å². The van der Waals surface area contributed by atoms with Crippen LogP contribution < -0.4 is 20.9 Å². The van der Waals surface area contributed by atoms with Crippen LogP contribution in [0.4, 0.5) is 5.13 Å². The Labute approximate surface area is 266 Å². The van der Waals surface area contributed by atoms with Crippen molar-refractivity contribution in [1.29, 1.82) is 0 Å². The third-order valence-corrected chi connectivity index (χ3v) is 9.80. The van der Waals surface area contributed by atoms with E-state index in [0.29, 0.717) is 15.1 Å². The molecule has 5 rings (SSSR count). The molecule has 2 unspecified atom stereocenters. The second kappa shape index (κ2) is 13.3. The highest BCUT2D eigenvalue weighted by atomic mass is 79.9. The Balaban J connectivity index is 1.36. The highest BCUT2D eigenvalue weighted by Crippen LogP contribution is 2.40. The Hall–Kier alpha value is -4.00. The third kappa shape index (κ3) is 6.28. The molecule has 1 saturated heterocycles. The number of oxime groups is 1. The smallest absolute Gasteiger partial charge is 0.352 e. The van der Waals surface area contributed by atoms with Gasteiger partial charge in [0.25, 0.3) is 11.8 Å². The van der Waals surface area contributed by atoms with Gasteiger partial charge in [0.2, 0.25) is 12.1 Å². The Morgan fingerprint density at radius 1 is 1.32 bits per heavy atom. The number of thioether (sulfide) groups is 1. The molecule has 0 radical (unpaired) electrons. The number of nitrogens with one attached hydrogen (secondary N) is 2. The lowest BCUT2D eigenvalue weighted by molar-refractivity contribution is -0.663. The minimum absolute atomic E-state index is 0.00536. The average Bonchev–Trinajstić information content (AvgIpc) is 3.55. The predicted molar refractivity (Wildman–Crippen MR) is 165 cm³/mol. The molecule has 2 amide bonds. The van der Waals surface area contributed by atoms with E-state index in [9.17, 15) is 24.3 Å². The first kappa shape index (κ1) is 31.4. The molecule has 5 heterocycles. The third-order valence-electron chi connectivity index (χ3n) is 6.92. The summed E-state index contributed by atoms with van der Waals surface area (Å²) in [6, 6.07) is 4.84. The van der Waals surface area contributed by atoms with E-state index in [1.165, 1.54) is 16.7 Å². The Morgan fingerprint density at radius 3 is 2.80 bits per heavy atom. The molecule has 0 spiro atoms. The quantitative estimate of drug-likeness (QED) is 0.0546. The van der Waals surface area contributed by atoms with Crippen LogP contribution in [-0.4, -0.2) is 91.5 Å². The topological polar surface area (TPSA) is 205 Å². The number of nitrogen functional groups attached to an aromatic ring is 1. The fourth-order valence-corrected chi connectivity index (χ4v) is 7.67. The van der Waals surface area contributed by atoms with Gasteiger partial charge in [0.15, 0.2) is 23.6 Å². The number of halogens is 1. The van der Waals surface area contributed by atoms with Crippen LogP contribution >= 0.6 is 39.0 Å². The molecule has 44 heavy (non-hydrogen) atoms. The van der Waals surface area contributed by atoms with E-state index in [1.54, 1.807) is 0 Å². The number of amides is 2. The molecule has 0 aliphatic carbocycles. The molecular weight excluding hydrogens is 680 g/mol. The molecule has 1 fully saturated rings. The van der Waals surface area contributed by atoms with Crippen LogP contribution in [0.25, 0.3) is 11.0 Å². The lowest BCUT2D eigenvalue weighted by Gasteiger charge is -2.49. The number of carbonyl (C=O) groups is 4. The Kier molecular flexibility index (Phi) is 9.52. The molecule has 2 atom stereocenters. The number of aromatic nitrogens is 3. The van der Waals surface area contributed by atoms with Crippen LogP contribution in [0.1, 0.15) is 12.1 Å². The van der Waals surface area contributed by atoms with Crippen molar-refractivity contribution < 1.29 is 38.8 Å². The standard InChI is InChI=1S/C26H27BrN8O7S2/c1-29-6-3-8-33-9-5-15-14(33)4-2-7-34(15)10-13-12-43-24-19(23(39)35(24)20(13)25(40)41)30-22(38)18(32-42-11-16(36)37)17-21(27)44-26(28)31-17/h2,4-5,7,9,19,24,29H,3,6,8,10-12H2,1H3,(H4-,28,30,31,36,37,38,40,41)/p+1. The number of hydrogen-bond donors (Lipinski definition) is 5. The maximum atomic E-state index is 13.3. The van der Waals surface area contributed by atoms with Gasteiger partial charge in [-0.25, -0.2) is 14.6 Å². The zero-order chi connectivity index (χ0) is 31.5. The number of nitrogens with two attached hydrogens (primary N) is 1. The van der Waals surface area contributed by atoms with Gasteiger partial charge >= 0.3 is 11.9 Å². The highest BCUT2D eigenvalue weighted by Gasteiger charge is 2.55. The average molecular weight is 709 g/mol. The van der Waals surface area contributed by atoms with Crippen molar-refractivity contribution in [2.75, 3.05) is 31.7 Å². The van der Waals surface area contributed by atoms with Gasteiger partial charge in [-0.05, 0) is 42.0 Å². The van der Waals surface area contributed by atoms with E-state index < -0.39 is 47.5 Å². The fraction of sp³-hybridized carbons (Fsp3) is 0.346. The van der Waals surface area contributed by atoms with Crippen molar-refractivity contribution in [3.8, 4) is 0 Å². The largest absolute Gasteiger partial charge is 0.479 e. The second-order valence-electron chi connectivity index (χ2n) is 9.77. The summed E-state index contributed by atoms with van der Waals surface area (Å²) in [5.74, 6) is -3.72. The SMILES string of the molecule is CNCCCn1ccc2c1ccc[n+]2CC1=C(C(=O)O)N2C(=O)C(NC(=O)C(=NOCC(=O)O)c3nc(N)sc3Br)C2SC1. The number of thiazole rings is 1. The lowest BCUT2D eigenvalue weighted by atomic mass is 10.0. The molecule has 6 N–H and O–H groups in total. The van der Waals surface area contributed by atoms with Gasteiger partial charge in [-0.15, -0.1) is 11.8 Å². The van der Waals surface area contributed by atoms with Gasteiger partial charge < -0.3 is 36.0 Å². The molecule has 0 saturated carbocycles. The summed E-state index contributed by atoms with van der Waals surface area (Å²) in [6.07, 6.45) is 4.83. The van der Waals surface area contributed by atoms with Gasteiger partial charge in [-0.1, -0.05) is 16.5 Å². The second-order valence-corrected chi connectivity index (χ2v) is 13.2. The zero-order valence-corrected chi connectivity index (χ0v) is 26.4. The molecule has 2 aliphatic heterocycles. The van der Waals surface area contributed by atoms with E-state index in [4.69, 9.17) is 15.7 Å². The van der Waals surface area contributed by atoms with Crippen molar-refractivity contribution >= 4 is 84.7 Å². The number of nitrogens with zero attached hydrogens (tertiary/aromatic N) is 5. The Bertz CT molecular complexity index is 1700. The van der Waals surface area contributed by atoms with Crippen molar-refractivity contribution in [2.45, 2.75) is 30.9 Å². The molecule has 0 bridgehead atoms. The number of rotatable bonds is 13. The van der Waals surface area contributed by atoms with Crippen molar-refractivity contribution in [3.05, 3.63) is 51.3 Å². The number of carbonyl (C=O) groups excluding carboxylic acids is 2. The number of anilines is 1. The number of hydrogen-bond acceptors (Lipinski definition) is 11. The first-order chi connectivity index (χ1) is 21.1. The molecule has 0 aromatic carbocycles. The minimum atomic E-state index is -1.31.